The molecule has 2 rings (SSSR count). The van der Waals surface area contributed by atoms with Crippen molar-refractivity contribution in [1.29, 1.82) is 0 Å². The highest BCUT2D eigenvalue weighted by Crippen LogP contribution is 2.29. The van der Waals surface area contributed by atoms with E-state index < -0.39 is 11.7 Å². The van der Waals surface area contributed by atoms with E-state index in [0.717, 1.165) is 12.1 Å². The van der Waals surface area contributed by atoms with E-state index in [9.17, 15) is 22.8 Å². The third-order valence-corrected chi connectivity index (χ3v) is 4.19. The Bertz CT molecular complexity index is 576. The molecule has 132 valence electrons. The fourth-order valence-corrected chi connectivity index (χ4v) is 2.68. The van der Waals surface area contributed by atoms with Crippen LogP contribution in [0.1, 0.15) is 30.9 Å². The Morgan fingerprint density at radius 2 is 1.75 bits per heavy atom. The van der Waals surface area contributed by atoms with Crippen molar-refractivity contribution in [3.8, 4) is 0 Å². The van der Waals surface area contributed by atoms with Gasteiger partial charge < -0.3 is 9.64 Å². The first kappa shape index (κ1) is 18.3. The second-order valence-electron chi connectivity index (χ2n) is 5.89. The zero-order valence-electron chi connectivity index (χ0n) is 13.4. The third-order valence-electron chi connectivity index (χ3n) is 4.19. The molecule has 1 aromatic carbocycles. The molecule has 1 aliphatic heterocycles. The van der Waals surface area contributed by atoms with Gasteiger partial charge in [-0.2, -0.15) is 13.2 Å². The summed E-state index contributed by atoms with van der Waals surface area (Å²) in [6, 6.07) is 4.83. The Labute approximate surface area is 138 Å². The topological polar surface area (TPSA) is 46.6 Å². The van der Waals surface area contributed by atoms with Crippen molar-refractivity contribution in [1.82, 2.24) is 4.90 Å². The quantitative estimate of drug-likeness (QED) is 0.790. The number of alkyl halides is 3. The van der Waals surface area contributed by atoms with Crippen molar-refractivity contribution < 1.29 is 27.5 Å². The van der Waals surface area contributed by atoms with Gasteiger partial charge in [-0.1, -0.05) is 12.1 Å². The maximum atomic E-state index is 12.5. The zero-order valence-corrected chi connectivity index (χ0v) is 13.4. The summed E-state index contributed by atoms with van der Waals surface area (Å²) in [5.41, 5.74) is -0.0114. The number of amides is 1. The standard InChI is InChI=1S/C17H20F3NO3/c1-12(22)21-9-6-14(7-10-21)16(23)24-11-8-13-2-4-15(5-3-13)17(18,19)20/h2-5,14H,6-11H2,1H3. The Kier molecular flexibility index (Phi) is 5.85. The van der Waals surface area contributed by atoms with E-state index in [4.69, 9.17) is 4.74 Å². The maximum absolute atomic E-state index is 12.5. The monoisotopic (exact) mass is 343 g/mol. The van der Waals surface area contributed by atoms with Crippen LogP contribution in [-0.2, 0) is 26.9 Å². The number of halogens is 3. The van der Waals surface area contributed by atoms with Gasteiger partial charge in [0, 0.05) is 26.4 Å². The van der Waals surface area contributed by atoms with Crippen molar-refractivity contribution in [3.63, 3.8) is 0 Å². The van der Waals surface area contributed by atoms with Crippen LogP contribution in [0.3, 0.4) is 0 Å². The van der Waals surface area contributed by atoms with Gasteiger partial charge in [0.15, 0.2) is 0 Å². The summed E-state index contributed by atoms with van der Waals surface area (Å²) in [5, 5.41) is 0. The lowest BCUT2D eigenvalue weighted by Gasteiger charge is -2.30. The van der Waals surface area contributed by atoms with E-state index in [-0.39, 0.29) is 24.4 Å². The van der Waals surface area contributed by atoms with Crippen LogP contribution < -0.4 is 0 Å². The molecule has 7 heteroatoms. The molecule has 0 bridgehead atoms. The smallest absolute Gasteiger partial charge is 0.416 e. The summed E-state index contributed by atoms with van der Waals surface area (Å²) >= 11 is 0. The lowest BCUT2D eigenvalue weighted by molar-refractivity contribution is -0.151. The molecule has 0 unspecified atom stereocenters. The van der Waals surface area contributed by atoms with Gasteiger partial charge in [0.2, 0.25) is 5.91 Å². The fourth-order valence-electron chi connectivity index (χ4n) is 2.68. The predicted molar refractivity (Wildman–Crippen MR) is 81.1 cm³/mol. The highest BCUT2D eigenvalue weighted by molar-refractivity contribution is 5.75. The van der Waals surface area contributed by atoms with Gasteiger partial charge in [-0.3, -0.25) is 9.59 Å². The van der Waals surface area contributed by atoms with Crippen LogP contribution in [0.5, 0.6) is 0 Å². The Hall–Kier alpha value is -2.05. The van der Waals surface area contributed by atoms with Crippen LogP contribution in [0.15, 0.2) is 24.3 Å². The second kappa shape index (κ2) is 7.68. The number of ether oxygens (including phenoxy) is 1. The summed E-state index contributed by atoms with van der Waals surface area (Å²) in [6.45, 7) is 2.74. The molecule has 4 nitrogen and oxygen atoms in total. The number of carbonyl (C=O) groups excluding carboxylic acids is 2. The van der Waals surface area contributed by atoms with E-state index in [1.165, 1.54) is 19.1 Å². The van der Waals surface area contributed by atoms with Crippen LogP contribution in [0.2, 0.25) is 0 Å². The van der Waals surface area contributed by atoms with Gasteiger partial charge in [-0.15, -0.1) is 0 Å². The molecule has 0 radical (unpaired) electrons. The van der Waals surface area contributed by atoms with E-state index >= 15 is 0 Å². The normalized spacial score (nSPS) is 16.1. The lowest BCUT2D eigenvalue weighted by Crippen LogP contribution is -2.39. The number of rotatable bonds is 4. The van der Waals surface area contributed by atoms with Crippen LogP contribution in [-0.4, -0.2) is 36.5 Å². The number of piperidine rings is 1. The minimum absolute atomic E-state index is 0.00382. The molecule has 1 amide bonds. The first-order valence-corrected chi connectivity index (χ1v) is 7.85. The second-order valence-corrected chi connectivity index (χ2v) is 5.89. The average molecular weight is 343 g/mol. The number of carbonyl (C=O) groups is 2. The largest absolute Gasteiger partial charge is 0.465 e. The molecule has 0 N–H and O–H groups in total. The number of likely N-dealkylation sites (tertiary alicyclic amines) is 1. The van der Waals surface area contributed by atoms with Crippen molar-refractivity contribution >= 4 is 11.9 Å². The molecule has 1 fully saturated rings. The van der Waals surface area contributed by atoms with Crippen LogP contribution >= 0.6 is 0 Å². The fraction of sp³-hybridized carbons (Fsp3) is 0.529. The Morgan fingerprint density at radius 3 is 2.25 bits per heavy atom. The molecule has 0 atom stereocenters. The highest BCUT2D eigenvalue weighted by Gasteiger charge is 2.30. The SMILES string of the molecule is CC(=O)N1CCC(C(=O)OCCc2ccc(C(F)(F)F)cc2)CC1. The number of nitrogens with zero attached hydrogens (tertiary/aromatic N) is 1. The maximum Gasteiger partial charge on any atom is 0.416 e. The number of benzene rings is 1. The Morgan fingerprint density at radius 1 is 1.17 bits per heavy atom. The minimum atomic E-state index is -4.35. The first-order valence-electron chi connectivity index (χ1n) is 7.85. The summed E-state index contributed by atoms with van der Waals surface area (Å²) in [5.74, 6) is -0.512. The van der Waals surface area contributed by atoms with Gasteiger partial charge in [0.25, 0.3) is 0 Å². The summed E-state index contributed by atoms with van der Waals surface area (Å²) in [4.78, 5) is 24.9. The molecule has 0 aliphatic carbocycles. The molecule has 0 aromatic heterocycles. The summed E-state index contributed by atoms with van der Waals surface area (Å²) < 4.78 is 42.6. The van der Waals surface area contributed by atoms with Crippen molar-refractivity contribution in [3.05, 3.63) is 35.4 Å². The molecule has 0 saturated carbocycles. The molecule has 24 heavy (non-hydrogen) atoms. The van der Waals surface area contributed by atoms with Gasteiger partial charge in [-0.05, 0) is 30.5 Å². The molecule has 1 saturated heterocycles. The molecule has 0 spiro atoms. The van der Waals surface area contributed by atoms with E-state index in [1.807, 2.05) is 0 Å². The van der Waals surface area contributed by atoms with Gasteiger partial charge in [0.1, 0.15) is 0 Å². The first-order chi connectivity index (χ1) is 11.3. The van der Waals surface area contributed by atoms with Crippen LogP contribution in [0, 0.1) is 5.92 Å². The number of hydrogen-bond acceptors (Lipinski definition) is 3. The van der Waals surface area contributed by atoms with Crippen LogP contribution in [0.25, 0.3) is 0 Å². The van der Waals surface area contributed by atoms with Gasteiger partial charge in [0.05, 0.1) is 18.1 Å². The summed E-state index contributed by atoms with van der Waals surface area (Å²) in [7, 11) is 0. The van der Waals surface area contributed by atoms with Crippen molar-refractivity contribution in [2.24, 2.45) is 5.92 Å². The minimum Gasteiger partial charge on any atom is -0.465 e. The van der Waals surface area contributed by atoms with Crippen LogP contribution in [0.4, 0.5) is 13.2 Å². The molecule has 1 heterocycles. The predicted octanol–water partition coefficient (Wildman–Crippen LogP) is 3.05. The summed E-state index contributed by atoms with van der Waals surface area (Å²) in [6.07, 6.45) is -2.81. The number of esters is 1. The van der Waals surface area contributed by atoms with E-state index in [2.05, 4.69) is 0 Å². The molecular weight excluding hydrogens is 323 g/mol. The van der Waals surface area contributed by atoms with Gasteiger partial charge in [-0.25, -0.2) is 0 Å². The average Bonchev–Trinajstić information content (AvgIpc) is 2.54. The third kappa shape index (κ3) is 4.97. The molecule has 1 aromatic rings. The van der Waals surface area contributed by atoms with E-state index in [0.29, 0.717) is 37.9 Å². The molecule has 1 aliphatic rings. The number of hydrogen-bond donors (Lipinski definition) is 0. The zero-order chi connectivity index (χ0) is 17.7. The van der Waals surface area contributed by atoms with Gasteiger partial charge >= 0.3 is 12.1 Å². The Balaban J connectivity index is 1.74. The van der Waals surface area contributed by atoms with Crippen molar-refractivity contribution in [2.75, 3.05) is 19.7 Å². The van der Waals surface area contributed by atoms with E-state index in [1.54, 1.807) is 4.90 Å². The lowest BCUT2D eigenvalue weighted by atomic mass is 9.97. The molecular formula is C17H20F3NO3. The van der Waals surface area contributed by atoms with Crippen molar-refractivity contribution in [2.45, 2.75) is 32.4 Å². The highest BCUT2D eigenvalue weighted by atomic mass is 19.4.